The summed E-state index contributed by atoms with van der Waals surface area (Å²) in [5.74, 6) is -2.95. The van der Waals surface area contributed by atoms with Crippen LogP contribution in [0.25, 0.3) is 10.9 Å². The van der Waals surface area contributed by atoms with Crippen molar-refractivity contribution in [2.45, 2.75) is 38.7 Å². The van der Waals surface area contributed by atoms with Gasteiger partial charge in [-0.15, -0.1) is 0 Å². The summed E-state index contributed by atoms with van der Waals surface area (Å²) in [6.45, 7) is 2.47. The average molecular weight is 442 g/mol. The van der Waals surface area contributed by atoms with Crippen molar-refractivity contribution in [2.24, 2.45) is 0 Å². The molecule has 0 bridgehead atoms. The number of nitrogens with zero attached hydrogens (tertiary/aromatic N) is 3. The van der Waals surface area contributed by atoms with Crippen molar-refractivity contribution in [3.63, 3.8) is 0 Å². The Balaban J connectivity index is 1.59. The van der Waals surface area contributed by atoms with Gasteiger partial charge in [0.2, 0.25) is 5.91 Å². The first-order chi connectivity index (χ1) is 15.2. The van der Waals surface area contributed by atoms with Crippen LogP contribution in [0.1, 0.15) is 35.8 Å². The maximum absolute atomic E-state index is 14.1. The largest absolute Gasteiger partial charge is 0.361 e. The molecule has 0 aromatic carbocycles. The number of aryl methyl sites for hydroxylation is 1. The second kappa shape index (κ2) is 8.52. The average Bonchev–Trinajstić information content (AvgIpc) is 3.21. The molecule has 1 atom stereocenters. The first-order valence-corrected chi connectivity index (χ1v) is 10.3. The number of hydrogen-bond donors (Lipinski definition) is 3. The molecule has 2 amide bonds. The highest BCUT2D eigenvalue weighted by Gasteiger charge is 2.42. The highest BCUT2D eigenvalue weighted by molar-refractivity contribution is 5.94. The number of anilines is 2. The lowest BCUT2D eigenvalue weighted by Crippen LogP contribution is -2.55. The lowest BCUT2D eigenvalue weighted by atomic mass is 9.98. The molecule has 10 heteroatoms. The van der Waals surface area contributed by atoms with Gasteiger partial charge >= 0.3 is 0 Å². The first kappa shape index (κ1) is 21.7. The van der Waals surface area contributed by atoms with Crippen LogP contribution in [0, 0.1) is 6.92 Å². The highest BCUT2D eigenvalue weighted by atomic mass is 19.3. The predicted octanol–water partition coefficient (Wildman–Crippen LogP) is 3.39. The quantitative estimate of drug-likeness (QED) is 0.562. The number of nitrogens with one attached hydrogen (secondary N) is 3. The van der Waals surface area contributed by atoms with Crippen LogP contribution in [-0.4, -0.2) is 56.7 Å². The summed E-state index contributed by atoms with van der Waals surface area (Å²) in [6, 6.07) is 6.60. The third-order valence-electron chi connectivity index (χ3n) is 5.53. The molecule has 0 radical (unpaired) electrons. The van der Waals surface area contributed by atoms with Gasteiger partial charge in [-0.2, -0.15) is 0 Å². The Morgan fingerprint density at radius 1 is 1.28 bits per heavy atom. The Labute approximate surface area is 183 Å². The van der Waals surface area contributed by atoms with Gasteiger partial charge in [0, 0.05) is 49.8 Å². The zero-order valence-corrected chi connectivity index (χ0v) is 17.8. The number of likely N-dealkylation sites (tertiary alicyclic amines) is 1. The van der Waals surface area contributed by atoms with Crippen LogP contribution >= 0.6 is 0 Å². The summed E-state index contributed by atoms with van der Waals surface area (Å²) in [6.07, 6.45) is 3.28. The van der Waals surface area contributed by atoms with Gasteiger partial charge in [0.25, 0.3) is 11.8 Å². The summed E-state index contributed by atoms with van der Waals surface area (Å²) in [7, 11) is 0. The molecule has 1 fully saturated rings. The second-order valence-electron chi connectivity index (χ2n) is 8.04. The lowest BCUT2D eigenvalue weighted by molar-refractivity contribution is -0.119. The number of fused-ring (bicyclic) bond motifs is 1. The zero-order chi connectivity index (χ0) is 22.9. The van der Waals surface area contributed by atoms with Gasteiger partial charge in [0.05, 0.1) is 12.1 Å². The van der Waals surface area contributed by atoms with Crippen molar-refractivity contribution in [1.29, 1.82) is 0 Å². The molecule has 3 aromatic heterocycles. The third-order valence-corrected chi connectivity index (χ3v) is 5.53. The molecule has 32 heavy (non-hydrogen) atoms. The van der Waals surface area contributed by atoms with Crippen LogP contribution < -0.4 is 10.6 Å². The molecule has 3 N–H and O–H groups in total. The standard InChI is InChI=1S/C22H24F2N6O2/c1-13-3-4-18(28-19-9-17-15(10-27-19)6-8-25-17)29-20(13)21(32)30-12-22(23,24)7-5-16(30)11-26-14(2)31/h3-4,6,8-10,16,25H,5,7,11-12H2,1-2H3,(H,26,31)(H,27,28,29)/t16-/m1/s1. The van der Waals surface area contributed by atoms with E-state index in [2.05, 4.69) is 25.6 Å². The number of alkyl halides is 2. The van der Waals surface area contributed by atoms with E-state index in [0.717, 1.165) is 15.8 Å². The molecule has 1 saturated heterocycles. The van der Waals surface area contributed by atoms with Gasteiger partial charge in [-0.05, 0) is 31.0 Å². The lowest BCUT2D eigenvalue weighted by Gasteiger charge is -2.39. The van der Waals surface area contributed by atoms with Crippen LogP contribution in [0.5, 0.6) is 0 Å². The Morgan fingerprint density at radius 2 is 2.09 bits per heavy atom. The molecule has 0 aliphatic carbocycles. The number of pyridine rings is 2. The van der Waals surface area contributed by atoms with E-state index < -0.39 is 24.4 Å². The number of rotatable bonds is 5. The number of aromatic nitrogens is 3. The molecule has 3 aromatic rings. The molecule has 168 valence electrons. The van der Waals surface area contributed by atoms with Crippen LogP contribution in [-0.2, 0) is 4.79 Å². The minimum absolute atomic E-state index is 0.0847. The number of carbonyl (C=O) groups is 2. The van der Waals surface area contributed by atoms with E-state index >= 15 is 0 Å². The van der Waals surface area contributed by atoms with E-state index in [1.165, 1.54) is 6.92 Å². The molecular formula is C22H24F2N6O2. The van der Waals surface area contributed by atoms with Gasteiger partial charge < -0.3 is 20.5 Å². The fourth-order valence-corrected chi connectivity index (χ4v) is 3.80. The SMILES string of the molecule is CC(=O)NC[C@H]1CCC(F)(F)CN1C(=O)c1nc(Nc2cc3[nH]ccc3cn2)ccc1C. The zero-order valence-electron chi connectivity index (χ0n) is 17.8. The Morgan fingerprint density at radius 3 is 2.88 bits per heavy atom. The van der Waals surface area contributed by atoms with Gasteiger partial charge in [0.1, 0.15) is 17.3 Å². The molecular weight excluding hydrogens is 418 g/mol. The van der Waals surface area contributed by atoms with Gasteiger partial charge in [0.15, 0.2) is 0 Å². The highest BCUT2D eigenvalue weighted by Crippen LogP contribution is 2.31. The van der Waals surface area contributed by atoms with Crippen molar-refractivity contribution in [3.8, 4) is 0 Å². The van der Waals surface area contributed by atoms with Crippen molar-refractivity contribution in [1.82, 2.24) is 25.2 Å². The third kappa shape index (κ3) is 4.68. The minimum atomic E-state index is -2.98. The van der Waals surface area contributed by atoms with Gasteiger partial charge in [-0.25, -0.2) is 18.7 Å². The number of aromatic amines is 1. The van der Waals surface area contributed by atoms with Crippen LogP contribution in [0.4, 0.5) is 20.4 Å². The summed E-state index contributed by atoms with van der Waals surface area (Å²) in [5, 5.41) is 6.65. The van der Waals surface area contributed by atoms with Crippen LogP contribution in [0.2, 0.25) is 0 Å². The smallest absolute Gasteiger partial charge is 0.273 e. The predicted molar refractivity (Wildman–Crippen MR) is 116 cm³/mol. The van der Waals surface area contributed by atoms with Crippen LogP contribution in [0.3, 0.4) is 0 Å². The van der Waals surface area contributed by atoms with E-state index in [9.17, 15) is 18.4 Å². The Kier molecular flexibility index (Phi) is 5.77. The van der Waals surface area contributed by atoms with Crippen molar-refractivity contribution >= 4 is 34.4 Å². The molecule has 4 rings (SSSR count). The van der Waals surface area contributed by atoms with Crippen molar-refractivity contribution in [3.05, 3.63) is 47.9 Å². The number of hydrogen-bond acceptors (Lipinski definition) is 5. The van der Waals surface area contributed by atoms with Crippen molar-refractivity contribution < 1.29 is 18.4 Å². The van der Waals surface area contributed by atoms with E-state index in [-0.39, 0.29) is 31.0 Å². The molecule has 0 unspecified atom stereocenters. The molecule has 0 saturated carbocycles. The van der Waals surface area contributed by atoms with E-state index in [4.69, 9.17) is 0 Å². The fraction of sp³-hybridized carbons (Fsp3) is 0.364. The maximum atomic E-state index is 14.1. The van der Waals surface area contributed by atoms with Crippen molar-refractivity contribution in [2.75, 3.05) is 18.4 Å². The number of carbonyl (C=O) groups excluding carboxylic acids is 2. The molecule has 8 nitrogen and oxygen atoms in total. The fourth-order valence-electron chi connectivity index (χ4n) is 3.80. The van der Waals surface area contributed by atoms with E-state index in [1.54, 1.807) is 25.3 Å². The Hall–Kier alpha value is -3.56. The summed E-state index contributed by atoms with van der Waals surface area (Å²) < 4.78 is 28.3. The first-order valence-electron chi connectivity index (χ1n) is 10.3. The topological polar surface area (TPSA) is 103 Å². The van der Waals surface area contributed by atoms with Gasteiger partial charge in [-0.3, -0.25) is 9.59 Å². The monoisotopic (exact) mass is 442 g/mol. The number of piperidine rings is 1. The van der Waals surface area contributed by atoms with E-state index in [0.29, 0.717) is 17.2 Å². The minimum Gasteiger partial charge on any atom is -0.361 e. The summed E-state index contributed by atoms with van der Waals surface area (Å²) in [5.41, 5.74) is 1.55. The Bertz CT molecular complexity index is 1160. The number of amides is 2. The summed E-state index contributed by atoms with van der Waals surface area (Å²) >= 11 is 0. The molecule has 1 aliphatic heterocycles. The van der Waals surface area contributed by atoms with Gasteiger partial charge in [-0.1, -0.05) is 6.07 Å². The number of H-pyrrole nitrogens is 1. The van der Waals surface area contributed by atoms with Crippen LogP contribution in [0.15, 0.2) is 36.7 Å². The normalized spacial score (nSPS) is 17.9. The van der Waals surface area contributed by atoms with E-state index in [1.807, 2.05) is 18.3 Å². The summed E-state index contributed by atoms with van der Waals surface area (Å²) in [4.78, 5) is 37.5. The maximum Gasteiger partial charge on any atom is 0.273 e. The molecule has 0 spiro atoms. The second-order valence-corrected chi connectivity index (χ2v) is 8.04. The molecule has 1 aliphatic rings. The molecule has 4 heterocycles. The number of halogens is 2.